The Kier molecular flexibility index (Phi) is 26.2. The topological polar surface area (TPSA) is 46.2 Å². The average Bonchev–Trinajstić information content (AvgIpc) is 2.80. The van der Waals surface area contributed by atoms with Crippen molar-refractivity contribution in [2.75, 3.05) is 39.6 Å². The van der Waals surface area contributed by atoms with Gasteiger partial charge in [-0.3, -0.25) is 0 Å². The third-order valence-electron chi connectivity index (χ3n) is 5.48. The minimum absolute atomic E-state index is 0.526. The van der Waals surface area contributed by atoms with Crippen LogP contribution in [-0.2, 0) is 22.4 Å². The third kappa shape index (κ3) is 22.0. The van der Waals surface area contributed by atoms with E-state index >= 15 is 0 Å². The van der Waals surface area contributed by atoms with Crippen molar-refractivity contribution in [1.29, 1.82) is 0 Å². The lowest BCUT2D eigenvalue weighted by Gasteiger charge is -2.26. The summed E-state index contributed by atoms with van der Waals surface area (Å²) in [6.07, 6.45) is 24.3. The molecule has 0 saturated heterocycles. The molecular weight excluding hydrogens is 432 g/mol. The van der Waals surface area contributed by atoms with E-state index in [0.29, 0.717) is 33.0 Å². The Morgan fingerprint density at radius 1 is 0.455 bits per heavy atom. The predicted molar refractivity (Wildman–Crippen MR) is 141 cm³/mol. The molecule has 0 aromatic rings. The van der Waals surface area contributed by atoms with Gasteiger partial charge in [-0.1, -0.05) is 76.9 Å². The molecule has 6 heteroatoms. The third-order valence-corrected chi connectivity index (χ3v) is 7.96. The molecule has 0 unspecified atom stereocenters. The van der Waals surface area contributed by atoms with Crippen molar-refractivity contribution >= 4 is 9.05 Å². The van der Waals surface area contributed by atoms with Gasteiger partial charge >= 0.3 is 9.05 Å². The van der Waals surface area contributed by atoms with Gasteiger partial charge in [-0.15, -0.1) is 0 Å². The highest BCUT2D eigenvalue weighted by atomic mass is 28.4. The highest BCUT2D eigenvalue weighted by Gasteiger charge is 2.44. The molecule has 0 N–H and O–H groups in total. The van der Waals surface area contributed by atoms with E-state index in [2.05, 4.69) is 19.1 Å². The van der Waals surface area contributed by atoms with Crippen LogP contribution in [0.25, 0.3) is 0 Å². The van der Waals surface area contributed by atoms with Crippen LogP contribution in [0.1, 0.15) is 124 Å². The minimum Gasteiger partial charge on any atom is -0.381 e. The fraction of sp³-hybridized carbons (Fsp3) is 0.926. The Morgan fingerprint density at radius 2 is 0.909 bits per heavy atom. The molecule has 0 aromatic heterocycles. The van der Waals surface area contributed by atoms with E-state index in [9.17, 15) is 0 Å². The molecule has 0 aliphatic rings. The van der Waals surface area contributed by atoms with E-state index in [1.807, 2.05) is 20.8 Å². The zero-order chi connectivity index (χ0) is 24.3. The largest absolute Gasteiger partial charge is 0.679 e. The summed E-state index contributed by atoms with van der Waals surface area (Å²) in [6, 6.07) is 0. The molecule has 0 radical (unpaired) electrons. The van der Waals surface area contributed by atoms with Crippen LogP contribution >= 0.6 is 0 Å². The highest BCUT2D eigenvalue weighted by Crippen LogP contribution is 2.13. The molecule has 0 aliphatic heterocycles. The van der Waals surface area contributed by atoms with Gasteiger partial charge < -0.3 is 22.4 Å². The van der Waals surface area contributed by atoms with E-state index in [1.165, 1.54) is 83.5 Å². The van der Waals surface area contributed by atoms with Gasteiger partial charge in [0.25, 0.3) is 0 Å². The summed E-state index contributed by atoms with van der Waals surface area (Å²) >= 11 is 0. The van der Waals surface area contributed by atoms with Gasteiger partial charge in [-0.2, -0.15) is 0 Å². The smallest absolute Gasteiger partial charge is 0.381 e. The van der Waals surface area contributed by atoms with Crippen LogP contribution in [0.2, 0.25) is 0 Å². The van der Waals surface area contributed by atoms with Crippen LogP contribution in [0.15, 0.2) is 12.2 Å². The van der Waals surface area contributed by atoms with Crippen LogP contribution in [-0.4, -0.2) is 48.7 Å². The van der Waals surface area contributed by atoms with Crippen molar-refractivity contribution in [3.63, 3.8) is 0 Å². The van der Waals surface area contributed by atoms with Gasteiger partial charge in [0, 0.05) is 39.6 Å². The number of unbranched alkanes of at least 4 members (excludes halogenated alkanes) is 12. The van der Waals surface area contributed by atoms with E-state index in [0.717, 1.165) is 19.4 Å². The van der Waals surface area contributed by atoms with Crippen molar-refractivity contribution in [3.05, 3.63) is 12.2 Å². The van der Waals surface area contributed by atoms with E-state index < -0.39 is 9.05 Å². The van der Waals surface area contributed by atoms with Gasteiger partial charge in [0.2, 0.25) is 0 Å². The number of hydrogen-bond donors (Lipinski definition) is 0. The molecule has 0 saturated carbocycles. The number of allylic oxidation sites excluding steroid dienone is 2. The predicted octanol–water partition coefficient (Wildman–Crippen LogP) is 7.99. The quantitative estimate of drug-likeness (QED) is 0.0666. The lowest BCUT2D eigenvalue weighted by atomic mass is 10.1. The Labute approximate surface area is 207 Å². The fourth-order valence-corrected chi connectivity index (χ4v) is 5.65. The van der Waals surface area contributed by atoms with Gasteiger partial charge in [-0.25, -0.2) is 0 Å². The monoisotopic (exact) mass is 488 g/mol. The van der Waals surface area contributed by atoms with Crippen molar-refractivity contribution in [2.45, 2.75) is 124 Å². The second-order valence-electron chi connectivity index (χ2n) is 8.55. The normalized spacial score (nSPS) is 12.2. The van der Waals surface area contributed by atoms with Crippen molar-refractivity contribution in [3.8, 4) is 0 Å². The SMILES string of the molecule is CCCCCCCC/C=C\CCCCCCCCOCCCO[Si](OCC)(OCC)OCC. The zero-order valence-electron chi connectivity index (χ0n) is 22.5. The van der Waals surface area contributed by atoms with E-state index in [1.54, 1.807) is 0 Å². The summed E-state index contributed by atoms with van der Waals surface area (Å²) in [5.74, 6) is 0. The first-order valence-electron chi connectivity index (χ1n) is 14.0. The first-order valence-corrected chi connectivity index (χ1v) is 15.7. The molecule has 0 aliphatic carbocycles. The molecule has 33 heavy (non-hydrogen) atoms. The van der Waals surface area contributed by atoms with Crippen molar-refractivity contribution < 1.29 is 22.4 Å². The van der Waals surface area contributed by atoms with E-state index in [4.69, 9.17) is 22.4 Å². The van der Waals surface area contributed by atoms with Crippen LogP contribution in [0.5, 0.6) is 0 Å². The number of rotatable bonds is 27. The maximum Gasteiger partial charge on any atom is 0.679 e. The molecule has 0 fully saturated rings. The number of hydrogen-bond acceptors (Lipinski definition) is 5. The molecular formula is C27H56O5Si. The molecule has 0 amide bonds. The van der Waals surface area contributed by atoms with Crippen molar-refractivity contribution in [1.82, 2.24) is 0 Å². The molecule has 0 bridgehead atoms. The van der Waals surface area contributed by atoms with Crippen LogP contribution < -0.4 is 0 Å². The number of ether oxygens (including phenoxy) is 1. The van der Waals surface area contributed by atoms with Gasteiger partial charge in [0.1, 0.15) is 0 Å². The van der Waals surface area contributed by atoms with E-state index in [-0.39, 0.29) is 0 Å². The first-order chi connectivity index (χ1) is 16.2. The summed E-state index contributed by atoms with van der Waals surface area (Å²) in [4.78, 5) is 0. The second kappa shape index (κ2) is 26.4. The van der Waals surface area contributed by atoms with Crippen LogP contribution in [0.3, 0.4) is 0 Å². The Morgan fingerprint density at radius 3 is 1.42 bits per heavy atom. The molecule has 0 atom stereocenters. The average molecular weight is 489 g/mol. The molecule has 0 rings (SSSR count). The maximum atomic E-state index is 5.88. The standard InChI is InChI=1S/C27H56O5Si/c1-5-9-10-11-12-13-14-15-16-17-18-19-20-21-22-23-25-28-26-24-27-32-33(29-6-2,30-7-3)31-8-4/h15-16H,5-14,17-27H2,1-4H3/b16-15-. The Balaban J connectivity index is 3.42. The minimum atomic E-state index is -2.97. The second-order valence-corrected chi connectivity index (χ2v) is 10.7. The summed E-state index contributed by atoms with van der Waals surface area (Å²) in [7, 11) is -2.97. The summed E-state index contributed by atoms with van der Waals surface area (Å²) in [5.41, 5.74) is 0. The Bertz CT molecular complexity index is 389. The van der Waals surface area contributed by atoms with Gasteiger partial charge in [-0.05, 0) is 59.3 Å². The van der Waals surface area contributed by atoms with Crippen molar-refractivity contribution in [2.24, 2.45) is 0 Å². The zero-order valence-corrected chi connectivity index (χ0v) is 23.5. The highest BCUT2D eigenvalue weighted by molar-refractivity contribution is 6.53. The molecule has 0 heterocycles. The lowest BCUT2D eigenvalue weighted by molar-refractivity contribution is -0.0308. The fourth-order valence-electron chi connectivity index (χ4n) is 3.69. The Hall–Kier alpha value is -0.243. The maximum absolute atomic E-state index is 5.88. The summed E-state index contributed by atoms with van der Waals surface area (Å²) < 4.78 is 28.7. The van der Waals surface area contributed by atoms with Crippen LogP contribution in [0.4, 0.5) is 0 Å². The summed E-state index contributed by atoms with van der Waals surface area (Å²) in [6.45, 7) is 11.7. The van der Waals surface area contributed by atoms with Crippen LogP contribution in [0, 0.1) is 0 Å². The lowest BCUT2D eigenvalue weighted by Crippen LogP contribution is -2.49. The first kappa shape index (κ1) is 32.8. The van der Waals surface area contributed by atoms with Gasteiger partial charge in [0.05, 0.1) is 0 Å². The molecule has 0 spiro atoms. The molecule has 0 aromatic carbocycles. The molecule has 5 nitrogen and oxygen atoms in total. The summed E-state index contributed by atoms with van der Waals surface area (Å²) in [5, 5.41) is 0. The van der Waals surface area contributed by atoms with Gasteiger partial charge in [0.15, 0.2) is 0 Å². The molecule has 198 valence electrons.